The van der Waals surface area contributed by atoms with E-state index in [1.54, 1.807) is 0 Å². The molecule has 27 heavy (non-hydrogen) atoms. The molecule has 1 atom stereocenters. The molecule has 10 heteroatoms. The summed E-state index contributed by atoms with van der Waals surface area (Å²) in [5.74, 6) is -0.234. The van der Waals surface area contributed by atoms with Gasteiger partial charge in [0.25, 0.3) is 5.91 Å². The van der Waals surface area contributed by atoms with Crippen molar-refractivity contribution >= 4 is 21.9 Å². The fourth-order valence-corrected chi connectivity index (χ4v) is 4.70. The molecule has 1 aliphatic heterocycles. The Hall–Kier alpha value is -2.30. The molecule has 2 aromatic rings. The molecular weight excluding hydrogens is 372 g/mol. The highest BCUT2D eigenvalue weighted by atomic mass is 32.2. The smallest absolute Gasteiger partial charge is 0.322 e. The zero-order valence-electron chi connectivity index (χ0n) is 15.2. The zero-order chi connectivity index (χ0) is 19.4. The fraction of sp³-hybridized carbons (Fsp3) is 0.471. The maximum atomic E-state index is 12.8. The van der Waals surface area contributed by atoms with Gasteiger partial charge in [0.1, 0.15) is 6.61 Å². The molecule has 2 heterocycles. The summed E-state index contributed by atoms with van der Waals surface area (Å²) in [6, 6.07) is 5.73. The lowest BCUT2D eigenvalue weighted by molar-refractivity contribution is 0.102. The molecule has 1 N–H and O–H groups in total. The number of nitrogens with one attached hydrogen (secondary N) is 1. The number of benzene rings is 1. The van der Waals surface area contributed by atoms with Crippen LogP contribution in [0.4, 0.5) is 6.01 Å². The van der Waals surface area contributed by atoms with Crippen LogP contribution in [-0.2, 0) is 21.4 Å². The Balaban J connectivity index is 1.71. The van der Waals surface area contributed by atoms with Crippen molar-refractivity contribution in [3.8, 4) is 0 Å². The van der Waals surface area contributed by atoms with Gasteiger partial charge >= 0.3 is 6.01 Å². The number of piperidine rings is 1. The van der Waals surface area contributed by atoms with Crippen LogP contribution in [0.1, 0.15) is 42.4 Å². The Morgan fingerprint density at radius 3 is 2.70 bits per heavy atom. The van der Waals surface area contributed by atoms with E-state index in [9.17, 15) is 13.2 Å². The van der Waals surface area contributed by atoms with E-state index in [1.165, 1.54) is 35.7 Å². The van der Waals surface area contributed by atoms with Crippen LogP contribution in [0.25, 0.3) is 0 Å². The minimum absolute atomic E-state index is 0.0226. The number of methoxy groups -OCH3 is 1. The highest BCUT2D eigenvalue weighted by Gasteiger charge is 2.30. The van der Waals surface area contributed by atoms with Gasteiger partial charge in [-0.05, 0) is 44.0 Å². The number of nitrogens with zero attached hydrogens (tertiary/aromatic N) is 3. The van der Waals surface area contributed by atoms with E-state index >= 15 is 0 Å². The molecule has 1 aromatic carbocycles. The molecule has 0 unspecified atom stereocenters. The van der Waals surface area contributed by atoms with E-state index in [-0.39, 0.29) is 35.0 Å². The van der Waals surface area contributed by atoms with Crippen LogP contribution in [0.5, 0.6) is 0 Å². The molecule has 9 nitrogen and oxygen atoms in total. The SMILES string of the molecule is COCc1nnc(NC(=O)c2ccc(S(=O)(=O)N3CCCC[C@@H]3C)cc2)o1. The highest BCUT2D eigenvalue weighted by molar-refractivity contribution is 7.89. The van der Waals surface area contributed by atoms with Gasteiger partial charge in [-0.25, -0.2) is 8.42 Å². The van der Waals surface area contributed by atoms with Crippen molar-refractivity contribution < 1.29 is 22.4 Å². The van der Waals surface area contributed by atoms with Crippen LogP contribution in [0.3, 0.4) is 0 Å². The zero-order valence-corrected chi connectivity index (χ0v) is 16.0. The summed E-state index contributed by atoms with van der Waals surface area (Å²) >= 11 is 0. The van der Waals surface area contributed by atoms with Crippen molar-refractivity contribution in [1.29, 1.82) is 0 Å². The van der Waals surface area contributed by atoms with Gasteiger partial charge in [0.2, 0.25) is 15.9 Å². The van der Waals surface area contributed by atoms with E-state index in [1.807, 2.05) is 6.92 Å². The van der Waals surface area contributed by atoms with Crippen molar-refractivity contribution in [2.45, 2.75) is 43.7 Å². The van der Waals surface area contributed by atoms with Crippen molar-refractivity contribution in [2.24, 2.45) is 0 Å². The summed E-state index contributed by atoms with van der Waals surface area (Å²) in [7, 11) is -2.08. The predicted molar refractivity (Wildman–Crippen MR) is 96.6 cm³/mol. The number of hydrogen-bond acceptors (Lipinski definition) is 7. The summed E-state index contributed by atoms with van der Waals surface area (Å²) in [6.07, 6.45) is 2.75. The molecule has 146 valence electrons. The van der Waals surface area contributed by atoms with Crippen LogP contribution in [-0.4, -0.2) is 48.5 Å². The summed E-state index contributed by atoms with van der Waals surface area (Å²) < 4.78 is 37.2. The first kappa shape index (κ1) is 19.5. The van der Waals surface area contributed by atoms with Crippen LogP contribution >= 0.6 is 0 Å². The van der Waals surface area contributed by atoms with E-state index in [0.29, 0.717) is 6.54 Å². The number of ether oxygens (including phenoxy) is 1. The normalized spacial score (nSPS) is 18.4. The average Bonchev–Trinajstić information content (AvgIpc) is 3.09. The van der Waals surface area contributed by atoms with Crippen molar-refractivity contribution in [3.63, 3.8) is 0 Å². The number of carbonyl (C=O) groups excluding carboxylic acids is 1. The highest BCUT2D eigenvalue weighted by Crippen LogP contribution is 2.25. The number of sulfonamides is 1. The number of anilines is 1. The van der Waals surface area contributed by atoms with Gasteiger partial charge in [-0.2, -0.15) is 4.31 Å². The second-order valence-corrected chi connectivity index (χ2v) is 8.26. The quantitative estimate of drug-likeness (QED) is 0.797. The van der Waals surface area contributed by atoms with E-state index in [4.69, 9.17) is 9.15 Å². The first-order valence-electron chi connectivity index (χ1n) is 8.66. The lowest BCUT2D eigenvalue weighted by Crippen LogP contribution is -2.41. The average molecular weight is 394 g/mol. The number of hydrogen-bond donors (Lipinski definition) is 1. The minimum atomic E-state index is -3.57. The number of amides is 1. The predicted octanol–water partition coefficient (Wildman–Crippen LogP) is 2.03. The fourth-order valence-electron chi connectivity index (χ4n) is 3.00. The topological polar surface area (TPSA) is 115 Å². The Kier molecular flexibility index (Phi) is 5.88. The molecule has 0 spiro atoms. The van der Waals surface area contributed by atoms with Crippen LogP contribution < -0.4 is 5.32 Å². The van der Waals surface area contributed by atoms with Gasteiger partial charge < -0.3 is 9.15 Å². The Bertz CT molecular complexity index is 894. The first-order chi connectivity index (χ1) is 12.9. The van der Waals surface area contributed by atoms with E-state index in [0.717, 1.165) is 19.3 Å². The standard InChI is InChI=1S/C17H22N4O5S/c1-12-5-3-4-10-21(12)27(23,24)14-8-6-13(7-9-14)16(22)18-17-20-19-15(26-17)11-25-2/h6-9,12H,3-5,10-11H2,1-2H3,(H,18,20,22)/t12-/m0/s1. The van der Waals surface area contributed by atoms with Gasteiger partial charge in [0, 0.05) is 25.3 Å². The maximum Gasteiger partial charge on any atom is 0.322 e. The van der Waals surface area contributed by atoms with Crippen LogP contribution in [0.2, 0.25) is 0 Å². The lowest BCUT2D eigenvalue weighted by atomic mass is 10.1. The van der Waals surface area contributed by atoms with Crippen LogP contribution in [0, 0.1) is 0 Å². The van der Waals surface area contributed by atoms with Gasteiger partial charge in [0.05, 0.1) is 4.90 Å². The van der Waals surface area contributed by atoms with Gasteiger partial charge in [-0.3, -0.25) is 10.1 Å². The number of rotatable bonds is 6. The molecule has 1 amide bonds. The Morgan fingerprint density at radius 2 is 2.04 bits per heavy atom. The third-order valence-electron chi connectivity index (χ3n) is 4.42. The molecule has 1 saturated heterocycles. The molecule has 0 bridgehead atoms. The molecule has 1 fully saturated rings. The van der Waals surface area contributed by atoms with E-state index < -0.39 is 15.9 Å². The molecular formula is C17H22N4O5S. The monoisotopic (exact) mass is 394 g/mol. The summed E-state index contributed by atoms with van der Waals surface area (Å²) in [4.78, 5) is 12.4. The lowest BCUT2D eigenvalue weighted by Gasteiger charge is -2.32. The van der Waals surface area contributed by atoms with Crippen molar-refractivity contribution in [2.75, 3.05) is 19.0 Å². The Morgan fingerprint density at radius 1 is 1.30 bits per heavy atom. The first-order valence-corrected chi connectivity index (χ1v) is 10.1. The van der Waals surface area contributed by atoms with Gasteiger partial charge in [-0.1, -0.05) is 11.5 Å². The summed E-state index contributed by atoms with van der Waals surface area (Å²) in [6.45, 7) is 2.58. The molecule has 1 aliphatic rings. The molecule has 3 rings (SSSR count). The molecule has 0 aliphatic carbocycles. The molecule has 0 saturated carbocycles. The van der Waals surface area contributed by atoms with Crippen LogP contribution in [0.15, 0.2) is 33.6 Å². The third-order valence-corrected chi connectivity index (χ3v) is 6.45. The largest absolute Gasteiger partial charge is 0.405 e. The number of aromatic nitrogens is 2. The molecule has 1 aromatic heterocycles. The molecule has 0 radical (unpaired) electrons. The Labute approximate surface area is 157 Å². The second kappa shape index (κ2) is 8.15. The summed E-state index contributed by atoms with van der Waals surface area (Å²) in [5.41, 5.74) is 0.284. The third kappa shape index (κ3) is 4.34. The van der Waals surface area contributed by atoms with Gasteiger partial charge in [0.15, 0.2) is 0 Å². The number of carbonyl (C=O) groups is 1. The minimum Gasteiger partial charge on any atom is -0.405 e. The maximum absolute atomic E-state index is 12.8. The second-order valence-electron chi connectivity index (χ2n) is 6.37. The van der Waals surface area contributed by atoms with Gasteiger partial charge in [-0.15, -0.1) is 5.10 Å². The van der Waals surface area contributed by atoms with Crippen molar-refractivity contribution in [1.82, 2.24) is 14.5 Å². The summed E-state index contributed by atoms with van der Waals surface area (Å²) in [5, 5.41) is 9.88. The van der Waals surface area contributed by atoms with Crippen molar-refractivity contribution in [3.05, 3.63) is 35.7 Å². The van der Waals surface area contributed by atoms with E-state index in [2.05, 4.69) is 15.5 Å².